The van der Waals surface area contributed by atoms with E-state index in [1.54, 1.807) is 18.4 Å². The Bertz CT molecular complexity index is 517. The standard InChI is InChI=1S/C13H15NO2S/c1-15-13-14-11-4-2-3-10(12(11)17-13)9-5-7-16-8-6-9/h2-4,9H,5-8H2,1H3. The second kappa shape index (κ2) is 4.63. The Labute approximate surface area is 104 Å². The Hall–Kier alpha value is -1.13. The minimum Gasteiger partial charge on any atom is -0.473 e. The number of thiazole rings is 1. The van der Waals surface area contributed by atoms with Gasteiger partial charge in [0.05, 0.1) is 17.3 Å². The average molecular weight is 249 g/mol. The molecule has 1 aromatic carbocycles. The van der Waals surface area contributed by atoms with Crippen molar-refractivity contribution >= 4 is 21.6 Å². The first kappa shape index (κ1) is 11.0. The van der Waals surface area contributed by atoms with Gasteiger partial charge in [0.15, 0.2) is 0 Å². The molecule has 2 aromatic rings. The van der Waals surface area contributed by atoms with Gasteiger partial charge in [-0.2, -0.15) is 0 Å². The maximum absolute atomic E-state index is 5.42. The summed E-state index contributed by atoms with van der Waals surface area (Å²) in [5.74, 6) is 0.609. The van der Waals surface area contributed by atoms with Gasteiger partial charge < -0.3 is 9.47 Å². The Morgan fingerprint density at radius 1 is 1.35 bits per heavy atom. The minimum atomic E-state index is 0.609. The van der Waals surface area contributed by atoms with Crippen molar-refractivity contribution in [3.8, 4) is 5.19 Å². The molecule has 0 spiro atoms. The summed E-state index contributed by atoms with van der Waals surface area (Å²) in [6.07, 6.45) is 2.22. The van der Waals surface area contributed by atoms with Crippen molar-refractivity contribution < 1.29 is 9.47 Å². The van der Waals surface area contributed by atoms with Gasteiger partial charge in [-0.3, -0.25) is 0 Å². The van der Waals surface area contributed by atoms with Crippen LogP contribution in [0.3, 0.4) is 0 Å². The second-order valence-corrected chi connectivity index (χ2v) is 5.23. The van der Waals surface area contributed by atoms with Crippen LogP contribution < -0.4 is 4.74 Å². The average Bonchev–Trinajstić information content (AvgIpc) is 2.82. The monoisotopic (exact) mass is 249 g/mol. The predicted octanol–water partition coefficient (Wildman–Crippen LogP) is 3.20. The highest BCUT2D eigenvalue weighted by molar-refractivity contribution is 7.20. The van der Waals surface area contributed by atoms with Crippen LogP contribution in [0.2, 0.25) is 0 Å². The van der Waals surface area contributed by atoms with Crippen LogP contribution in [0.25, 0.3) is 10.2 Å². The number of rotatable bonds is 2. The number of aromatic nitrogens is 1. The highest BCUT2D eigenvalue weighted by atomic mass is 32.1. The lowest BCUT2D eigenvalue weighted by Crippen LogP contribution is -2.14. The molecule has 1 aromatic heterocycles. The molecule has 1 aliphatic heterocycles. The Morgan fingerprint density at radius 2 is 2.18 bits per heavy atom. The summed E-state index contributed by atoms with van der Waals surface area (Å²) in [5.41, 5.74) is 2.46. The van der Waals surface area contributed by atoms with E-state index in [9.17, 15) is 0 Å². The van der Waals surface area contributed by atoms with Gasteiger partial charge in [0, 0.05) is 13.2 Å². The van der Waals surface area contributed by atoms with Gasteiger partial charge in [0.1, 0.15) is 0 Å². The molecule has 4 heteroatoms. The van der Waals surface area contributed by atoms with Crippen molar-refractivity contribution in [2.24, 2.45) is 0 Å². The van der Waals surface area contributed by atoms with Crippen LogP contribution in [0.1, 0.15) is 24.3 Å². The first-order valence-corrected chi connectivity index (χ1v) is 6.71. The van der Waals surface area contributed by atoms with E-state index in [0.29, 0.717) is 5.92 Å². The minimum absolute atomic E-state index is 0.609. The number of methoxy groups -OCH3 is 1. The van der Waals surface area contributed by atoms with Gasteiger partial charge in [-0.05, 0) is 30.4 Å². The fraction of sp³-hybridized carbons (Fsp3) is 0.462. The highest BCUT2D eigenvalue weighted by Gasteiger charge is 2.19. The lowest BCUT2D eigenvalue weighted by Gasteiger charge is -2.22. The molecule has 3 rings (SSSR count). The third kappa shape index (κ3) is 2.03. The van der Waals surface area contributed by atoms with Crippen molar-refractivity contribution in [1.82, 2.24) is 4.98 Å². The Balaban J connectivity index is 2.05. The maximum Gasteiger partial charge on any atom is 0.274 e. The van der Waals surface area contributed by atoms with Gasteiger partial charge in [0.25, 0.3) is 5.19 Å². The van der Waals surface area contributed by atoms with E-state index in [0.717, 1.165) is 36.8 Å². The Morgan fingerprint density at radius 3 is 2.94 bits per heavy atom. The van der Waals surface area contributed by atoms with Crippen molar-refractivity contribution in [3.05, 3.63) is 23.8 Å². The molecule has 0 radical (unpaired) electrons. The summed E-state index contributed by atoms with van der Waals surface area (Å²) < 4.78 is 11.9. The first-order chi connectivity index (χ1) is 8.38. The molecular formula is C13H15NO2S. The zero-order chi connectivity index (χ0) is 11.7. The molecule has 1 fully saturated rings. The summed E-state index contributed by atoms with van der Waals surface area (Å²) in [5, 5.41) is 0.750. The molecule has 3 nitrogen and oxygen atoms in total. The van der Waals surface area contributed by atoms with Crippen LogP contribution in [0, 0.1) is 0 Å². The highest BCUT2D eigenvalue weighted by Crippen LogP contribution is 2.37. The molecule has 1 aliphatic rings. The van der Waals surface area contributed by atoms with E-state index in [1.165, 1.54) is 10.3 Å². The number of hydrogen-bond acceptors (Lipinski definition) is 4. The molecule has 0 amide bonds. The fourth-order valence-electron chi connectivity index (χ4n) is 2.37. The first-order valence-electron chi connectivity index (χ1n) is 5.89. The molecule has 0 saturated carbocycles. The number of benzene rings is 1. The summed E-state index contributed by atoms with van der Waals surface area (Å²) in [6, 6.07) is 6.36. The van der Waals surface area contributed by atoms with Crippen molar-refractivity contribution in [2.75, 3.05) is 20.3 Å². The number of hydrogen-bond donors (Lipinski definition) is 0. The fourth-order valence-corrected chi connectivity index (χ4v) is 3.34. The van der Waals surface area contributed by atoms with E-state index in [2.05, 4.69) is 23.2 Å². The summed E-state index contributed by atoms with van der Waals surface area (Å²) in [6.45, 7) is 1.74. The van der Waals surface area contributed by atoms with E-state index < -0.39 is 0 Å². The topological polar surface area (TPSA) is 31.4 Å². The van der Waals surface area contributed by atoms with Crippen molar-refractivity contribution in [3.63, 3.8) is 0 Å². The van der Waals surface area contributed by atoms with Gasteiger partial charge in [-0.15, -0.1) is 0 Å². The van der Waals surface area contributed by atoms with E-state index >= 15 is 0 Å². The van der Waals surface area contributed by atoms with Crippen LogP contribution in [0.4, 0.5) is 0 Å². The maximum atomic E-state index is 5.42. The molecule has 0 aliphatic carbocycles. The molecule has 0 atom stereocenters. The predicted molar refractivity (Wildman–Crippen MR) is 69.0 cm³/mol. The van der Waals surface area contributed by atoms with Crippen molar-refractivity contribution in [1.29, 1.82) is 0 Å². The molecule has 90 valence electrons. The summed E-state index contributed by atoms with van der Waals surface area (Å²) >= 11 is 1.64. The molecule has 0 bridgehead atoms. The lowest BCUT2D eigenvalue weighted by molar-refractivity contribution is 0.0856. The molecular weight excluding hydrogens is 234 g/mol. The Kier molecular flexibility index (Phi) is 2.99. The van der Waals surface area contributed by atoms with E-state index in [1.807, 2.05) is 0 Å². The van der Waals surface area contributed by atoms with Gasteiger partial charge in [-0.25, -0.2) is 4.98 Å². The van der Waals surface area contributed by atoms with Gasteiger partial charge >= 0.3 is 0 Å². The second-order valence-electron chi connectivity index (χ2n) is 4.27. The third-order valence-corrected chi connectivity index (χ3v) is 4.34. The van der Waals surface area contributed by atoms with E-state index in [4.69, 9.17) is 9.47 Å². The van der Waals surface area contributed by atoms with Crippen LogP contribution in [-0.4, -0.2) is 25.3 Å². The zero-order valence-electron chi connectivity index (χ0n) is 9.81. The smallest absolute Gasteiger partial charge is 0.274 e. The normalized spacial score (nSPS) is 17.5. The lowest BCUT2D eigenvalue weighted by atomic mass is 9.91. The van der Waals surface area contributed by atoms with Crippen LogP contribution in [0.15, 0.2) is 18.2 Å². The quantitative estimate of drug-likeness (QED) is 0.819. The van der Waals surface area contributed by atoms with Gasteiger partial charge in [-0.1, -0.05) is 23.5 Å². The van der Waals surface area contributed by atoms with Crippen LogP contribution in [-0.2, 0) is 4.74 Å². The molecule has 2 heterocycles. The number of nitrogens with zero attached hydrogens (tertiary/aromatic N) is 1. The molecule has 1 saturated heterocycles. The number of fused-ring (bicyclic) bond motifs is 1. The zero-order valence-corrected chi connectivity index (χ0v) is 10.6. The molecule has 0 unspecified atom stereocenters. The third-order valence-electron chi connectivity index (χ3n) is 3.26. The number of ether oxygens (including phenoxy) is 2. The molecule has 0 N–H and O–H groups in total. The van der Waals surface area contributed by atoms with E-state index in [-0.39, 0.29) is 0 Å². The largest absolute Gasteiger partial charge is 0.473 e. The summed E-state index contributed by atoms with van der Waals surface area (Å²) in [7, 11) is 1.67. The SMILES string of the molecule is COc1nc2cccc(C3CCOCC3)c2s1. The van der Waals surface area contributed by atoms with Crippen LogP contribution in [0.5, 0.6) is 5.19 Å². The van der Waals surface area contributed by atoms with Crippen molar-refractivity contribution in [2.45, 2.75) is 18.8 Å². The van der Waals surface area contributed by atoms with Crippen LogP contribution >= 0.6 is 11.3 Å². The molecule has 17 heavy (non-hydrogen) atoms. The summed E-state index contributed by atoms with van der Waals surface area (Å²) in [4.78, 5) is 4.45. The van der Waals surface area contributed by atoms with Gasteiger partial charge in [0.2, 0.25) is 0 Å².